The van der Waals surface area contributed by atoms with Crippen molar-refractivity contribution in [3.8, 4) is 11.1 Å². The largest absolute Gasteiger partial charge is 0.406 e. The highest BCUT2D eigenvalue weighted by molar-refractivity contribution is 6.02. The highest BCUT2D eigenvalue weighted by Gasteiger charge is 2.42. The van der Waals surface area contributed by atoms with Crippen LogP contribution in [0.3, 0.4) is 0 Å². The topological polar surface area (TPSA) is 61.9 Å². The van der Waals surface area contributed by atoms with Crippen molar-refractivity contribution in [3.05, 3.63) is 59.4 Å². The number of imide groups is 1. The minimum absolute atomic E-state index is 0.0151. The molecule has 2 fully saturated rings. The van der Waals surface area contributed by atoms with Crippen molar-refractivity contribution >= 4 is 11.9 Å². The molecule has 1 atom stereocenters. The molecule has 33 heavy (non-hydrogen) atoms. The first-order chi connectivity index (χ1) is 15.7. The molecule has 0 spiro atoms. The summed E-state index contributed by atoms with van der Waals surface area (Å²) in [6.07, 6.45) is -3.75. The van der Waals surface area contributed by atoms with Crippen molar-refractivity contribution in [3.63, 3.8) is 0 Å². The monoisotopic (exact) mass is 465 g/mol. The molecule has 2 aromatic rings. The lowest BCUT2D eigenvalue weighted by atomic mass is 10.0. The summed E-state index contributed by atoms with van der Waals surface area (Å²) in [7, 11) is 0. The van der Waals surface area contributed by atoms with Crippen LogP contribution in [0.15, 0.2) is 42.5 Å². The Kier molecular flexibility index (Phi) is 6.66. The molecule has 2 aromatic carbocycles. The van der Waals surface area contributed by atoms with E-state index in [1.807, 2.05) is 0 Å². The van der Waals surface area contributed by atoms with E-state index in [2.05, 4.69) is 5.32 Å². The van der Waals surface area contributed by atoms with Gasteiger partial charge in [0.15, 0.2) is 0 Å². The highest BCUT2D eigenvalue weighted by Crippen LogP contribution is 2.25. The molecule has 0 radical (unpaired) electrons. The number of halogens is 4. The number of rotatable bonds is 7. The summed E-state index contributed by atoms with van der Waals surface area (Å²) in [4.78, 5) is 25.3. The number of hydrogen-bond donors (Lipinski definition) is 1. The van der Waals surface area contributed by atoms with E-state index in [-0.39, 0.29) is 23.3 Å². The lowest BCUT2D eigenvalue weighted by Crippen LogP contribution is -2.39. The van der Waals surface area contributed by atoms with Crippen LogP contribution in [0, 0.1) is 5.82 Å². The molecule has 1 N–H and O–H groups in total. The second-order valence-electron chi connectivity index (χ2n) is 8.18. The van der Waals surface area contributed by atoms with E-state index in [0.29, 0.717) is 30.9 Å². The summed E-state index contributed by atoms with van der Waals surface area (Å²) >= 11 is 0. The van der Waals surface area contributed by atoms with Gasteiger partial charge in [0.05, 0.1) is 6.61 Å². The zero-order valence-electron chi connectivity index (χ0n) is 17.7. The minimum atomic E-state index is -4.64. The molecule has 2 saturated heterocycles. The smallest absolute Gasteiger partial charge is 0.380 e. The first-order valence-electron chi connectivity index (χ1n) is 10.5. The van der Waals surface area contributed by atoms with Crippen LogP contribution in [0.25, 0.3) is 11.1 Å². The van der Waals surface area contributed by atoms with Crippen molar-refractivity contribution < 1.29 is 31.9 Å². The van der Waals surface area contributed by atoms with E-state index in [1.54, 1.807) is 36.4 Å². The molecule has 0 saturated carbocycles. The zero-order chi connectivity index (χ0) is 23.6. The minimum Gasteiger partial charge on any atom is -0.380 e. The lowest BCUT2D eigenvalue weighted by Gasteiger charge is -2.18. The SMILES string of the molecule is O=C1CN(Cc2ccc(-c3ccc(F)c(CN[C@@H]4CCOC4)c3)cc2)C(=O)N1CC(F)(F)F. The van der Waals surface area contributed by atoms with Crippen LogP contribution in [0.5, 0.6) is 0 Å². The van der Waals surface area contributed by atoms with Gasteiger partial charge in [-0.3, -0.25) is 9.69 Å². The van der Waals surface area contributed by atoms with Crippen LogP contribution in [-0.4, -0.2) is 60.3 Å². The fourth-order valence-electron chi connectivity index (χ4n) is 3.91. The molecule has 2 aliphatic heterocycles. The average molecular weight is 465 g/mol. The van der Waals surface area contributed by atoms with Gasteiger partial charge in [0.2, 0.25) is 0 Å². The summed E-state index contributed by atoms with van der Waals surface area (Å²) in [5.74, 6) is -1.17. The molecule has 0 unspecified atom stereocenters. The van der Waals surface area contributed by atoms with Gasteiger partial charge >= 0.3 is 12.2 Å². The molecule has 6 nitrogen and oxygen atoms in total. The van der Waals surface area contributed by atoms with Crippen LogP contribution in [0.1, 0.15) is 17.5 Å². The fraction of sp³-hybridized carbons (Fsp3) is 0.391. The number of alkyl halides is 3. The summed E-state index contributed by atoms with van der Waals surface area (Å²) < 4.78 is 57.3. The van der Waals surface area contributed by atoms with E-state index in [1.165, 1.54) is 6.07 Å². The number of ether oxygens (including phenoxy) is 1. The highest BCUT2D eigenvalue weighted by atomic mass is 19.4. The second kappa shape index (κ2) is 9.48. The Morgan fingerprint density at radius 2 is 1.79 bits per heavy atom. The van der Waals surface area contributed by atoms with E-state index in [0.717, 1.165) is 22.4 Å². The van der Waals surface area contributed by atoms with E-state index in [4.69, 9.17) is 4.74 Å². The van der Waals surface area contributed by atoms with Crippen LogP contribution < -0.4 is 5.32 Å². The van der Waals surface area contributed by atoms with Gasteiger partial charge in [-0.05, 0) is 35.2 Å². The number of nitrogens with zero attached hydrogens (tertiary/aromatic N) is 2. The van der Waals surface area contributed by atoms with Crippen molar-refractivity contribution in [2.75, 3.05) is 26.3 Å². The number of carbonyl (C=O) groups is 2. The van der Waals surface area contributed by atoms with Crippen LogP contribution in [0.2, 0.25) is 0 Å². The molecule has 10 heteroatoms. The van der Waals surface area contributed by atoms with Gasteiger partial charge in [0.25, 0.3) is 5.91 Å². The van der Waals surface area contributed by atoms with Gasteiger partial charge in [-0.15, -0.1) is 0 Å². The first kappa shape index (κ1) is 23.2. The molecule has 2 aliphatic rings. The van der Waals surface area contributed by atoms with E-state index < -0.39 is 31.2 Å². The maximum absolute atomic E-state index is 14.2. The van der Waals surface area contributed by atoms with Gasteiger partial charge < -0.3 is 15.0 Å². The van der Waals surface area contributed by atoms with Crippen molar-refractivity contribution in [1.82, 2.24) is 15.1 Å². The van der Waals surface area contributed by atoms with Gasteiger partial charge in [-0.2, -0.15) is 13.2 Å². The Morgan fingerprint density at radius 3 is 2.45 bits per heavy atom. The van der Waals surface area contributed by atoms with Crippen LogP contribution >= 0.6 is 0 Å². The molecule has 176 valence electrons. The molecule has 0 bridgehead atoms. The van der Waals surface area contributed by atoms with Crippen molar-refractivity contribution in [1.29, 1.82) is 0 Å². The Hall–Kier alpha value is -2.98. The lowest BCUT2D eigenvalue weighted by molar-refractivity contribution is -0.151. The van der Waals surface area contributed by atoms with Gasteiger partial charge in [-0.1, -0.05) is 30.3 Å². The number of nitrogens with one attached hydrogen (secondary N) is 1. The van der Waals surface area contributed by atoms with Crippen LogP contribution in [-0.2, 0) is 22.6 Å². The third-order valence-corrected chi connectivity index (χ3v) is 5.68. The standard InChI is InChI=1S/C23H23F4N3O3/c24-20-6-5-17(9-18(20)10-28-19-7-8-33-13-19)16-3-1-15(2-4-16)11-29-12-21(31)30(22(29)32)14-23(25,26)27/h1-6,9,19,28H,7-8,10-14H2/t19-/m1/s1. The normalized spacial score (nSPS) is 19.1. The Morgan fingerprint density at radius 1 is 1.06 bits per heavy atom. The Labute approximate surface area is 188 Å². The molecule has 2 heterocycles. The third kappa shape index (κ3) is 5.69. The molecular formula is C23H23F4N3O3. The van der Waals surface area contributed by atoms with Gasteiger partial charge in [0, 0.05) is 31.3 Å². The number of carbonyl (C=O) groups excluding carboxylic acids is 2. The van der Waals surface area contributed by atoms with Crippen molar-refractivity contribution in [2.24, 2.45) is 0 Å². The molecular weight excluding hydrogens is 442 g/mol. The Balaban J connectivity index is 1.41. The maximum atomic E-state index is 14.2. The zero-order valence-corrected chi connectivity index (χ0v) is 17.7. The number of urea groups is 1. The predicted octanol–water partition coefficient (Wildman–Crippen LogP) is 3.70. The first-order valence-corrected chi connectivity index (χ1v) is 10.5. The summed E-state index contributed by atoms with van der Waals surface area (Å²) in [6.45, 7) is -0.273. The predicted molar refractivity (Wildman–Crippen MR) is 111 cm³/mol. The quantitative estimate of drug-likeness (QED) is 0.501. The van der Waals surface area contributed by atoms with Gasteiger partial charge in [-0.25, -0.2) is 9.18 Å². The summed E-state index contributed by atoms with van der Waals surface area (Å²) in [5.41, 5.74) is 2.84. The third-order valence-electron chi connectivity index (χ3n) is 5.68. The molecule has 0 aliphatic carbocycles. The van der Waals surface area contributed by atoms with Gasteiger partial charge in [0.1, 0.15) is 18.9 Å². The average Bonchev–Trinajstić information content (AvgIpc) is 3.37. The Bertz CT molecular complexity index is 1020. The number of amides is 3. The number of benzene rings is 2. The van der Waals surface area contributed by atoms with E-state index in [9.17, 15) is 27.2 Å². The van der Waals surface area contributed by atoms with E-state index >= 15 is 0 Å². The second-order valence-corrected chi connectivity index (χ2v) is 8.18. The fourth-order valence-corrected chi connectivity index (χ4v) is 3.91. The number of hydrogen-bond acceptors (Lipinski definition) is 4. The van der Waals surface area contributed by atoms with Crippen LogP contribution in [0.4, 0.5) is 22.4 Å². The summed E-state index contributed by atoms with van der Waals surface area (Å²) in [5, 5.41) is 3.29. The van der Waals surface area contributed by atoms with Crippen molar-refractivity contribution in [2.45, 2.75) is 31.7 Å². The molecule has 3 amide bonds. The summed E-state index contributed by atoms with van der Waals surface area (Å²) in [6, 6.07) is 11.2. The molecule has 4 rings (SSSR count). The maximum Gasteiger partial charge on any atom is 0.406 e. The molecule has 0 aromatic heterocycles.